The van der Waals surface area contributed by atoms with Gasteiger partial charge in [0.1, 0.15) is 0 Å². The minimum Gasteiger partial charge on any atom is -0.355 e. The number of nitrogens with zero attached hydrogens (tertiary/aromatic N) is 3. The first kappa shape index (κ1) is 37.0. The number of aromatic nitrogens is 2. The third-order valence-electron chi connectivity index (χ3n) is 10.9. The zero-order valence-electron chi connectivity index (χ0n) is 30.7. The lowest BCUT2D eigenvalue weighted by Crippen LogP contribution is -2.43. The molecule has 0 unspecified atom stereocenters. The SMILES string of the molecule is CCCCCCNC(=O)[C@@H](N)Cc1nc(-c2ccc(C(=O)N3C[C@@H](C(=O)N[C@H]4C[C@@H]4c4ccccc4)[C@H](C(=O)N[C@H]4C[C@@H]4c4ccccc4)C3)cc2)no1. The normalized spacial score (nSPS) is 23.3. The fraction of sp³-hybridized carbons (Fsp3) is 0.429. The van der Waals surface area contributed by atoms with Crippen molar-refractivity contribution in [3.05, 3.63) is 108 Å². The van der Waals surface area contributed by atoms with Gasteiger partial charge >= 0.3 is 0 Å². The molecule has 0 bridgehead atoms. The van der Waals surface area contributed by atoms with Crippen LogP contribution in [0.5, 0.6) is 0 Å². The molecule has 0 spiro atoms. The molecule has 0 radical (unpaired) electrons. The lowest BCUT2D eigenvalue weighted by atomic mass is 9.94. The minimum absolute atomic E-state index is 0.00525. The summed E-state index contributed by atoms with van der Waals surface area (Å²) in [7, 11) is 0. The second-order valence-corrected chi connectivity index (χ2v) is 14.9. The quantitative estimate of drug-likeness (QED) is 0.123. The highest BCUT2D eigenvalue weighted by molar-refractivity contribution is 5.97. The van der Waals surface area contributed by atoms with Crippen molar-refractivity contribution in [3.8, 4) is 11.4 Å². The van der Waals surface area contributed by atoms with E-state index in [0.717, 1.165) is 38.5 Å². The van der Waals surface area contributed by atoms with Gasteiger partial charge in [0.25, 0.3) is 5.91 Å². The summed E-state index contributed by atoms with van der Waals surface area (Å²) in [5.74, 6) is -1.22. The van der Waals surface area contributed by atoms with E-state index in [4.69, 9.17) is 10.3 Å². The summed E-state index contributed by atoms with van der Waals surface area (Å²) in [4.78, 5) is 59.9. The number of nitrogens with one attached hydrogen (secondary N) is 3. The monoisotopic (exact) mass is 731 g/mol. The smallest absolute Gasteiger partial charge is 0.253 e. The maximum Gasteiger partial charge on any atom is 0.253 e. The molecule has 12 heteroatoms. The number of hydrogen-bond acceptors (Lipinski definition) is 8. The van der Waals surface area contributed by atoms with Crippen molar-refractivity contribution in [1.82, 2.24) is 31.0 Å². The Balaban J connectivity index is 0.975. The van der Waals surface area contributed by atoms with Crippen molar-refractivity contribution < 1.29 is 23.7 Å². The van der Waals surface area contributed by atoms with Crippen LogP contribution in [0.15, 0.2) is 89.5 Å². The van der Waals surface area contributed by atoms with Crippen molar-refractivity contribution in [2.24, 2.45) is 17.6 Å². The molecule has 54 heavy (non-hydrogen) atoms. The lowest BCUT2D eigenvalue weighted by Gasteiger charge is -2.18. The van der Waals surface area contributed by atoms with Crippen LogP contribution in [0.25, 0.3) is 11.4 Å². The van der Waals surface area contributed by atoms with Gasteiger partial charge in [0.05, 0.1) is 24.3 Å². The third kappa shape index (κ3) is 8.87. The number of carbonyl (C=O) groups is 4. The van der Waals surface area contributed by atoms with Gasteiger partial charge in [0.2, 0.25) is 29.4 Å². The van der Waals surface area contributed by atoms with E-state index in [1.807, 2.05) is 36.4 Å². The molecule has 282 valence electrons. The van der Waals surface area contributed by atoms with E-state index in [0.29, 0.717) is 23.5 Å². The highest BCUT2D eigenvalue weighted by Gasteiger charge is 2.49. The molecule has 2 heterocycles. The molecule has 1 aliphatic heterocycles. The molecule has 2 saturated carbocycles. The Morgan fingerprint density at radius 1 is 0.796 bits per heavy atom. The number of nitrogens with two attached hydrogens (primary N) is 1. The van der Waals surface area contributed by atoms with Crippen LogP contribution in [0.3, 0.4) is 0 Å². The average Bonchev–Trinajstić information content (AvgIpc) is 4.03. The largest absolute Gasteiger partial charge is 0.355 e. The molecule has 2 aliphatic carbocycles. The topological polar surface area (TPSA) is 173 Å². The summed E-state index contributed by atoms with van der Waals surface area (Å²) in [5, 5.41) is 13.3. The van der Waals surface area contributed by atoms with Gasteiger partial charge in [-0.15, -0.1) is 0 Å². The molecule has 12 nitrogen and oxygen atoms in total. The number of carbonyl (C=O) groups excluding carboxylic acids is 4. The molecule has 7 rings (SSSR count). The number of hydrogen-bond donors (Lipinski definition) is 4. The highest BCUT2D eigenvalue weighted by atomic mass is 16.5. The van der Waals surface area contributed by atoms with E-state index in [9.17, 15) is 19.2 Å². The van der Waals surface area contributed by atoms with Crippen LogP contribution in [0.4, 0.5) is 0 Å². The molecule has 3 fully saturated rings. The molecule has 4 aromatic rings. The number of amides is 4. The Kier molecular flexibility index (Phi) is 11.5. The van der Waals surface area contributed by atoms with Gasteiger partial charge in [0, 0.05) is 54.7 Å². The third-order valence-corrected chi connectivity index (χ3v) is 10.9. The van der Waals surface area contributed by atoms with Crippen LogP contribution in [-0.4, -0.2) is 76.4 Å². The van der Waals surface area contributed by atoms with E-state index in [2.05, 4.69) is 57.3 Å². The van der Waals surface area contributed by atoms with E-state index in [-0.39, 0.29) is 72.9 Å². The van der Waals surface area contributed by atoms with Crippen LogP contribution >= 0.6 is 0 Å². The Morgan fingerprint density at radius 3 is 1.93 bits per heavy atom. The van der Waals surface area contributed by atoms with E-state index < -0.39 is 17.9 Å². The number of unbranched alkanes of at least 4 members (excludes halogenated alkanes) is 3. The zero-order chi connectivity index (χ0) is 37.6. The molecule has 1 aromatic heterocycles. The molecule has 3 aliphatic rings. The van der Waals surface area contributed by atoms with Gasteiger partial charge in [-0.3, -0.25) is 19.2 Å². The van der Waals surface area contributed by atoms with Crippen LogP contribution < -0.4 is 21.7 Å². The number of rotatable bonds is 16. The first-order valence-corrected chi connectivity index (χ1v) is 19.2. The van der Waals surface area contributed by atoms with E-state index in [1.54, 1.807) is 29.2 Å². The molecule has 1 saturated heterocycles. The molecular formula is C42H49N7O5. The Morgan fingerprint density at radius 2 is 1.37 bits per heavy atom. The van der Waals surface area contributed by atoms with Crippen LogP contribution in [-0.2, 0) is 20.8 Å². The van der Waals surface area contributed by atoms with Crippen LogP contribution in [0.2, 0.25) is 0 Å². The van der Waals surface area contributed by atoms with Crippen molar-refractivity contribution in [3.63, 3.8) is 0 Å². The van der Waals surface area contributed by atoms with Crippen LogP contribution in [0, 0.1) is 11.8 Å². The fourth-order valence-electron chi connectivity index (χ4n) is 7.50. The molecule has 7 atom stereocenters. The minimum atomic E-state index is -0.814. The summed E-state index contributed by atoms with van der Waals surface area (Å²) < 4.78 is 5.38. The molecule has 5 N–H and O–H groups in total. The summed E-state index contributed by atoms with van der Waals surface area (Å²) >= 11 is 0. The number of likely N-dealkylation sites (tertiary alicyclic amines) is 1. The second kappa shape index (κ2) is 16.8. The van der Waals surface area contributed by atoms with Crippen molar-refractivity contribution in [2.75, 3.05) is 19.6 Å². The Labute approximate surface area is 315 Å². The first-order chi connectivity index (χ1) is 26.3. The fourth-order valence-corrected chi connectivity index (χ4v) is 7.50. The first-order valence-electron chi connectivity index (χ1n) is 19.2. The van der Waals surface area contributed by atoms with E-state index >= 15 is 0 Å². The van der Waals surface area contributed by atoms with Gasteiger partial charge in [0.15, 0.2) is 0 Å². The zero-order valence-corrected chi connectivity index (χ0v) is 30.7. The maximum absolute atomic E-state index is 13.9. The maximum atomic E-state index is 13.9. The Hall–Kier alpha value is -5.36. The van der Waals surface area contributed by atoms with Crippen molar-refractivity contribution in [2.45, 2.75) is 81.8 Å². The summed E-state index contributed by atoms with van der Waals surface area (Å²) in [6.45, 7) is 3.00. The summed E-state index contributed by atoms with van der Waals surface area (Å²) in [6, 6.07) is 26.2. The standard InChI is InChI=1S/C42H49N7O5/c1-2-3-4-11-20-44-41(52)34(43)23-37-47-38(48-54-37)28-16-18-29(19-17-28)42(53)49-24-32(39(50)45-35-21-30(35)26-12-7-5-8-13-26)33(25-49)40(51)46-36-22-31(36)27-14-9-6-10-15-27/h5-10,12-19,30-36H,2-4,11,20-25,43H2,1H3,(H,44,52)(H,45,50)(H,46,51)/t30-,31-,32-,33-,34+,35+,36+/m1/s1. The highest BCUT2D eigenvalue weighted by Crippen LogP contribution is 2.42. The van der Waals surface area contributed by atoms with Gasteiger partial charge < -0.3 is 31.1 Å². The Bertz CT molecular complexity index is 1840. The van der Waals surface area contributed by atoms with Gasteiger partial charge in [-0.05, 0) is 42.5 Å². The molecular weight excluding hydrogens is 683 g/mol. The van der Waals surface area contributed by atoms with Gasteiger partial charge in [-0.1, -0.05) is 104 Å². The summed E-state index contributed by atoms with van der Waals surface area (Å²) in [6.07, 6.45) is 6.01. The van der Waals surface area contributed by atoms with Crippen molar-refractivity contribution in [1.29, 1.82) is 0 Å². The number of benzene rings is 3. The lowest BCUT2D eigenvalue weighted by molar-refractivity contribution is -0.133. The summed E-state index contributed by atoms with van der Waals surface area (Å²) in [5.41, 5.74) is 9.49. The second-order valence-electron chi connectivity index (χ2n) is 14.9. The average molecular weight is 732 g/mol. The predicted molar refractivity (Wildman–Crippen MR) is 203 cm³/mol. The van der Waals surface area contributed by atoms with Gasteiger partial charge in [-0.25, -0.2) is 0 Å². The van der Waals surface area contributed by atoms with E-state index in [1.165, 1.54) is 11.1 Å². The van der Waals surface area contributed by atoms with Gasteiger partial charge in [-0.2, -0.15) is 4.98 Å². The molecule has 3 aromatic carbocycles. The van der Waals surface area contributed by atoms with Crippen molar-refractivity contribution >= 4 is 23.6 Å². The van der Waals surface area contributed by atoms with Crippen LogP contribution in [0.1, 0.15) is 84.7 Å². The predicted octanol–water partition coefficient (Wildman–Crippen LogP) is 4.34. The molecule has 4 amide bonds.